The summed E-state index contributed by atoms with van der Waals surface area (Å²) >= 11 is 0. The number of nitro groups is 1. The molecule has 0 amide bonds. The van der Waals surface area contributed by atoms with E-state index in [0.717, 1.165) is 17.2 Å². The van der Waals surface area contributed by atoms with Crippen LogP contribution in [-0.2, 0) is 11.3 Å². The molecule has 0 saturated carbocycles. The van der Waals surface area contributed by atoms with Gasteiger partial charge in [-0.2, -0.15) is 0 Å². The number of anilines is 1. The second-order valence-electron chi connectivity index (χ2n) is 4.62. The first-order chi connectivity index (χ1) is 10.5. The maximum Gasteiger partial charge on any atom is 0.339 e. The molecule has 1 N–H and O–H groups in total. The molecule has 0 fully saturated rings. The van der Waals surface area contributed by atoms with E-state index in [2.05, 4.69) is 15.0 Å². The molecular formula is C15H15N3O4. The second-order valence-corrected chi connectivity index (χ2v) is 4.62. The molecule has 2 rings (SSSR count). The zero-order valence-electron chi connectivity index (χ0n) is 12.2. The van der Waals surface area contributed by atoms with Gasteiger partial charge in [-0.15, -0.1) is 0 Å². The van der Waals surface area contributed by atoms with Crippen molar-refractivity contribution in [1.82, 2.24) is 4.98 Å². The van der Waals surface area contributed by atoms with Crippen molar-refractivity contribution in [3.8, 4) is 0 Å². The van der Waals surface area contributed by atoms with Crippen LogP contribution in [0.25, 0.3) is 0 Å². The molecule has 114 valence electrons. The Morgan fingerprint density at radius 3 is 2.77 bits per heavy atom. The van der Waals surface area contributed by atoms with Crippen LogP contribution in [0.1, 0.15) is 21.5 Å². The first kappa shape index (κ1) is 15.4. The SMILES string of the molecule is COC(=O)c1cnc(NCc2ccccc2C)c([N+](=O)[O-])c1. The number of nitrogens with zero attached hydrogens (tertiary/aromatic N) is 2. The van der Waals surface area contributed by atoms with Gasteiger partial charge in [-0.1, -0.05) is 24.3 Å². The lowest BCUT2D eigenvalue weighted by molar-refractivity contribution is -0.384. The standard InChI is InChI=1S/C15H15N3O4/c1-10-5-3-4-6-11(10)8-16-14-13(18(20)21)7-12(9-17-14)15(19)22-2/h3-7,9H,8H2,1-2H3,(H,16,17). The van der Waals surface area contributed by atoms with Gasteiger partial charge in [0.05, 0.1) is 17.6 Å². The van der Waals surface area contributed by atoms with Crippen LogP contribution < -0.4 is 5.32 Å². The van der Waals surface area contributed by atoms with Gasteiger partial charge in [-0.25, -0.2) is 9.78 Å². The molecule has 0 bridgehead atoms. The number of rotatable bonds is 5. The van der Waals surface area contributed by atoms with Crippen LogP contribution in [0.4, 0.5) is 11.5 Å². The molecule has 1 aromatic carbocycles. The third-order valence-electron chi connectivity index (χ3n) is 3.19. The normalized spacial score (nSPS) is 10.1. The van der Waals surface area contributed by atoms with Gasteiger partial charge in [-0.05, 0) is 18.1 Å². The highest BCUT2D eigenvalue weighted by atomic mass is 16.6. The molecule has 0 aliphatic heterocycles. The molecule has 1 aromatic heterocycles. The Labute approximate surface area is 127 Å². The minimum atomic E-state index is -0.666. The smallest absolute Gasteiger partial charge is 0.339 e. The van der Waals surface area contributed by atoms with Gasteiger partial charge >= 0.3 is 11.7 Å². The minimum Gasteiger partial charge on any atom is -0.465 e. The summed E-state index contributed by atoms with van der Waals surface area (Å²) in [5.74, 6) is -0.554. The van der Waals surface area contributed by atoms with Crippen LogP contribution in [0, 0.1) is 17.0 Å². The van der Waals surface area contributed by atoms with Crippen LogP contribution in [0.3, 0.4) is 0 Å². The van der Waals surface area contributed by atoms with Crippen molar-refractivity contribution in [2.24, 2.45) is 0 Å². The maximum absolute atomic E-state index is 11.4. The molecule has 0 radical (unpaired) electrons. The summed E-state index contributed by atoms with van der Waals surface area (Å²) in [5.41, 5.74) is 1.85. The first-order valence-electron chi connectivity index (χ1n) is 6.54. The van der Waals surface area contributed by atoms with Gasteiger partial charge in [-0.3, -0.25) is 10.1 Å². The predicted octanol–water partition coefficient (Wildman–Crippen LogP) is 2.70. The van der Waals surface area contributed by atoms with E-state index >= 15 is 0 Å². The van der Waals surface area contributed by atoms with Gasteiger partial charge in [0.25, 0.3) is 0 Å². The molecule has 0 saturated heterocycles. The van der Waals surface area contributed by atoms with E-state index in [9.17, 15) is 14.9 Å². The highest BCUT2D eigenvalue weighted by Gasteiger charge is 2.19. The molecule has 0 unspecified atom stereocenters. The van der Waals surface area contributed by atoms with Crippen molar-refractivity contribution in [2.45, 2.75) is 13.5 Å². The molecule has 7 heteroatoms. The summed E-state index contributed by atoms with van der Waals surface area (Å²) in [5, 5.41) is 14.1. The zero-order chi connectivity index (χ0) is 16.1. The number of carbonyl (C=O) groups excluding carboxylic acids is 1. The number of ether oxygens (including phenoxy) is 1. The van der Waals surface area contributed by atoms with Crippen molar-refractivity contribution in [3.05, 3.63) is 63.3 Å². The Morgan fingerprint density at radius 2 is 2.14 bits per heavy atom. The highest BCUT2D eigenvalue weighted by Crippen LogP contribution is 2.24. The Hall–Kier alpha value is -2.96. The number of pyridine rings is 1. The number of hydrogen-bond donors (Lipinski definition) is 1. The summed E-state index contributed by atoms with van der Waals surface area (Å²) < 4.78 is 4.53. The third kappa shape index (κ3) is 3.38. The van der Waals surface area contributed by atoms with Gasteiger partial charge in [0.1, 0.15) is 0 Å². The fraction of sp³-hybridized carbons (Fsp3) is 0.200. The highest BCUT2D eigenvalue weighted by molar-refractivity contribution is 5.90. The number of aryl methyl sites for hydroxylation is 1. The zero-order valence-corrected chi connectivity index (χ0v) is 12.2. The molecule has 0 aliphatic rings. The Balaban J connectivity index is 2.25. The van der Waals surface area contributed by atoms with E-state index < -0.39 is 10.9 Å². The second kappa shape index (κ2) is 6.66. The summed E-state index contributed by atoms with van der Waals surface area (Å²) in [6.45, 7) is 2.36. The average molecular weight is 301 g/mol. The molecule has 22 heavy (non-hydrogen) atoms. The van der Waals surface area contributed by atoms with Crippen LogP contribution in [0.2, 0.25) is 0 Å². The first-order valence-corrected chi connectivity index (χ1v) is 6.54. The average Bonchev–Trinajstić information content (AvgIpc) is 2.53. The Kier molecular flexibility index (Phi) is 4.67. The van der Waals surface area contributed by atoms with Crippen molar-refractivity contribution in [1.29, 1.82) is 0 Å². The third-order valence-corrected chi connectivity index (χ3v) is 3.19. The summed E-state index contributed by atoms with van der Waals surface area (Å²) in [4.78, 5) is 25.9. The van der Waals surface area contributed by atoms with Crippen molar-refractivity contribution >= 4 is 17.5 Å². The Bertz CT molecular complexity index is 716. The van der Waals surface area contributed by atoms with Gasteiger partial charge in [0.2, 0.25) is 5.82 Å². The van der Waals surface area contributed by atoms with Gasteiger partial charge < -0.3 is 10.1 Å². The number of carbonyl (C=O) groups is 1. The number of nitrogens with one attached hydrogen (secondary N) is 1. The quantitative estimate of drug-likeness (QED) is 0.518. The topological polar surface area (TPSA) is 94.4 Å². The molecule has 2 aromatic rings. The fourth-order valence-electron chi connectivity index (χ4n) is 1.95. The summed E-state index contributed by atoms with van der Waals surface area (Å²) in [6, 6.07) is 8.85. The van der Waals surface area contributed by atoms with Gasteiger partial charge in [0, 0.05) is 18.8 Å². The number of benzene rings is 1. The summed E-state index contributed by atoms with van der Waals surface area (Å²) in [7, 11) is 1.21. The van der Waals surface area contributed by atoms with Crippen molar-refractivity contribution in [3.63, 3.8) is 0 Å². The van der Waals surface area contributed by atoms with Crippen LogP contribution >= 0.6 is 0 Å². The maximum atomic E-state index is 11.4. The largest absolute Gasteiger partial charge is 0.465 e. The van der Waals surface area contributed by atoms with Crippen molar-refractivity contribution in [2.75, 3.05) is 12.4 Å². The number of esters is 1. The number of aromatic nitrogens is 1. The van der Waals surface area contributed by atoms with Crippen LogP contribution in [0.5, 0.6) is 0 Å². The van der Waals surface area contributed by atoms with Crippen LogP contribution in [0.15, 0.2) is 36.5 Å². The summed E-state index contributed by atoms with van der Waals surface area (Å²) in [6.07, 6.45) is 1.25. The lowest BCUT2D eigenvalue weighted by atomic mass is 10.1. The van der Waals surface area contributed by atoms with E-state index in [0.29, 0.717) is 6.54 Å². The van der Waals surface area contributed by atoms with Gasteiger partial charge in [0.15, 0.2) is 0 Å². The van der Waals surface area contributed by atoms with Crippen molar-refractivity contribution < 1.29 is 14.5 Å². The van der Waals surface area contributed by atoms with E-state index in [1.165, 1.54) is 13.3 Å². The predicted molar refractivity (Wildman–Crippen MR) is 80.7 cm³/mol. The number of methoxy groups -OCH3 is 1. The molecule has 0 aliphatic carbocycles. The fourth-order valence-corrected chi connectivity index (χ4v) is 1.95. The van der Waals surface area contributed by atoms with E-state index in [-0.39, 0.29) is 17.1 Å². The molecule has 0 atom stereocenters. The van der Waals surface area contributed by atoms with E-state index in [1.807, 2.05) is 31.2 Å². The monoisotopic (exact) mass is 301 g/mol. The van der Waals surface area contributed by atoms with E-state index in [1.54, 1.807) is 0 Å². The molecular weight excluding hydrogens is 286 g/mol. The van der Waals surface area contributed by atoms with Crippen LogP contribution in [-0.4, -0.2) is 23.0 Å². The molecule has 0 spiro atoms. The molecule has 7 nitrogen and oxygen atoms in total. The van der Waals surface area contributed by atoms with E-state index in [4.69, 9.17) is 0 Å². The number of hydrogen-bond acceptors (Lipinski definition) is 6. The lowest BCUT2D eigenvalue weighted by Gasteiger charge is -2.09. The Morgan fingerprint density at radius 1 is 1.41 bits per heavy atom. The minimum absolute atomic E-state index is 0.0376. The lowest BCUT2D eigenvalue weighted by Crippen LogP contribution is -2.08. The molecule has 1 heterocycles.